The summed E-state index contributed by atoms with van der Waals surface area (Å²) >= 11 is 1.25. The van der Waals surface area contributed by atoms with E-state index in [-0.39, 0.29) is 17.7 Å². The summed E-state index contributed by atoms with van der Waals surface area (Å²) in [5, 5.41) is 4.92. The molecule has 1 atom stereocenters. The van der Waals surface area contributed by atoms with Gasteiger partial charge in [-0.25, -0.2) is 4.98 Å². The lowest BCUT2D eigenvalue weighted by Gasteiger charge is -2.26. The molecule has 0 radical (unpaired) electrons. The molecular formula is C19H22N4O3S. The fourth-order valence-corrected chi connectivity index (χ4v) is 4.40. The van der Waals surface area contributed by atoms with Gasteiger partial charge in [-0.3, -0.25) is 9.59 Å². The molecule has 2 aromatic heterocycles. The van der Waals surface area contributed by atoms with Crippen molar-refractivity contribution in [3.8, 4) is 0 Å². The Bertz CT molecular complexity index is 908. The number of hydrogen-bond donors (Lipinski definition) is 0. The van der Waals surface area contributed by atoms with Crippen molar-refractivity contribution in [3.05, 3.63) is 40.4 Å². The molecule has 1 unspecified atom stereocenters. The van der Waals surface area contributed by atoms with E-state index < -0.39 is 0 Å². The second-order valence-corrected chi connectivity index (χ2v) is 7.70. The van der Waals surface area contributed by atoms with Crippen molar-refractivity contribution in [3.63, 3.8) is 0 Å². The number of amides is 1. The number of nitrogens with zero attached hydrogens (tertiary/aromatic N) is 4. The lowest BCUT2D eigenvalue weighted by atomic mass is 10.2. The second kappa shape index (κ2) is 7.82. The Balaban J connectivity index is 1.83. The van der Waals surface area contributed by atoms with Gasteiger partial charge >= 0.3 is 0 Å². The lowest BCUT2D eigenvalue weighted by Crippen LogP contribution is -2.36. The molecule has 0 aromatic carbocycles. The number of anilines is 1. The van der Waals surface area contributed by atoms with Gasteiger partial charge < -0.3 is 9.64 Å². The number of ether oxygens (including phenoxy) is 1. The molecule has 27 heavy (non-hydrogen) atoms. The zero-order valence-corrected chi connectivity index (χ0v) is 16.1. The first kappa shape index (κ1) is 18.2. The van der Waals surface area contributed by atoms with Crippen molar-refractivity contribution >= 4 is 23.4 Å². The van der Waals surface area contributed by atoms with E-state index in [2.05, 4.69) is 17.0 Å². The molecule has 1 saturated heterocycles. The smallest absolute Gasteiger partial charge is 0.285 e. The van der Waals surface area contributed by atoms with Crippen LogP contribution in [0.1, 0.15) is 55.6 Å². The molecule has 1 fully saturated rings. The van der Waals surface area contributed by atoms with E-state index in [0.29, 0.717) is 34.3 Å². The normalized spacial score (nSPS) is 19.4. The maximum Gasteiger partial charge on any atom is 0.285 e. The van der Waals surface area contributed by atoms with Crippen LogP contribution >= 0.6 is 11.8 Å². The Morgan fingerprint density at radius 1 is 1.33 bits per heavy atom. The summed E-state index contributed by atoms with van der Waals surface area (Å²) in [5.41, 5.74) is 0.861. The topological polar surface area (TPSA) is 77.3 Å². The van der Waals surface area contributed by atoms with Crippen LogP contribution in [0.25, 0.3) is 0 Å². The molecule has 142 valence electrons. The van der Waals surface area contributed by atoms with Crippen molar-refractivity contribution < 1.29 is 9.53 Å². The fraction of sp³-hybridized carbons (Fsp3) is 0.474. The van der Waals surface area contributed by atoms with Crippen LogP contribution in [0, 0.1) is 0 Å². The molecule has 0 saturated carbocycles. The van der Waals surface area contributed by atoms with Crippen molar-refractivity contribution in [2.75, 3.05) is 18.1 Å². The van der Waals surface area contributed by atoms with Gasteiger partial charge in [-0.2, -0.15) is 9.78 Å². The molecule has 0 bridgehead atoms. The first-order valence-corrected chi connectivity index (χ1v) is 10.2. The van der Waals surface area contributed by atoms with Crippen LogP contribution < -0.4 is 10.5 Å². The fourth-order valence-electron chi connectivity index (χ4n) is 3.38. The number of aromatic nitrogens is 3. The van der Waals surface area contributed by atoms with E-state index >= 15 is 0 Å². The Labute approximate surface area is 161 Å². The Hall–Kier alpha value is -2.19. The predicted octanol–water partition coefficient (Wildman–Crippen LogP) is 3.25. The third kappa shape index (κ3) is 3.39. The van der Waals surface area contributed by atoms with E-state index in [1.807, 2.05) is 0 Å². The van der Waals surface area contributed by atoms with Gasteiger partial charge in [0.1, 0.15) is 9.92 Å². The second-order valence-electron chi connectivity index (χ2n) is 6.70. The molecule has 0 aliphatic carbocycles. The highest BCUT2D eigenvalue weighted by Gasteiger charge is 2.31. The Kier molecular flexibility index (Phi) is 5.27. The highest BCUT2D eigenvalue weighted by atomic mass is 32.2. The number of hydrogen-bond acceptors (Lipinski definition) is 6. The minimum absolute atomic E-state index is 0.134. The molecule has 1 amide bonds. The highest BCUT2D eigenvalue weighted by Crippen LogP contribution is 2.38. The predicted molar refractivity (Wildman–Crippen MR) is 102 cm³/mol. The molecule has 0 N–H and O–H groups in total. The molecule has 0 spiro atoms. The van der Waals surface area contributed by atoms with Crippen LogP contribution in [0.3, 0.4) is 0 Å². The Morgan fingerprint density at radius 3 is 3.00 bits per heavy atom. The molecule has 2 aromatic rings. The number of carbonyl (C=O) groups excluding carboxylic acids is 1. The third-order valence-electron chi connectivity index (χ3n) is 4.84. The zero-order valence-electron chi connectivity index (χ0n) is 15.3. The van der Waals surface area contributed by atoms with Crippen LogP contribution in [0.2, 0.25) is 0 Å². The third-order valence-corrected chi connectivity index (χ3v) is 5.95. The summed E-state index contributed by atoms with van der Waals surface area (Å²) in [6.07, 6.45) is 7.50. The largest absolute Gasteiger partial charge is 0.356 e. The lowest BCUT2D eigenvalue weighted by molar-refractivity contribution is -0.0429. The molecule has 8 heteroatoms. The van der Waals surface area contributed by atoms with Crippen LogP contribution in [0.15, 0.2) is 39.2 Å². The van der Waals surface area contributed by atoms with E-state index in [0.717, 1.165) is 32.1 Å². The first-order chi connectivity index (χ1) is 13.2. The van der Waals surface area contributed by atoms with Crippen LogP contribution in [0.4, 0.5) is 5.69 Å². The standard InChI is InChI=1S/C19H22N4O3S/c1-2-3-10-22-14-12-21-23(15-8-4-5-11-26-15)19(25)16(14)27-17-13(18(22)24)7-6-9-20-17/h6-7,9,12,15H,2-5,8,10-11H2,1H3. The SMILES string of the molecule is CCCCN1C(=O)c2cccnc2Sc2c1cnn(C1CCCCO1)c2=O. The van der Waals surface area contributed by atoms with Crippen molar-refractivity contribution in [1.82, 2.24) is 14.8 Å². The summed E-state index contributed by atoms with van der Waals surface area (Å²) in [4.78, 5) is 32.8. The van der Waals surface area contributed by atoms with Crippen LogP contribution in [0.5, 0.6) is 0 Å². The number of pyridine rings is 1. The van der Waals surface area contributed by atoms with E-state index in [1.165, 1.54) is 16.4 Å². The quantitative estimate of drug-likeness (QED) is 0.803. The summed E-state index contributed by atoms with van der Waals surface area (Å²) in [6.45, 7) is 3.25. The van der Waals surface area contributed by atoms with E-state index in [9.17, 15) is 9.59 Å². The van der Waals surface area contributed by atoms with Gasteiger partial charge in [0.15, 0.2) is 6.23 Å². The number of fused-ring (bicyclic) bond motifs is 2. The summed E-state index contributed by atoms with van der Waals surface area (Å²) in [7, 11) is 0. The summed E-state index contributed by atoms with van der Waals surface area (Å²) in [6, 6.07) is 3.51. The number of unbranched alkanes of at least 4 members (excludes halogenated alkanes) is 1. The van der Waals surface area contributed by atoms with Gasteiger partial charge in [-0.1, -0.05) is 25.1 Å². The van der Waals surface area contributed by atoms with Crippen LogP contribution in [-0.4, -0.2) is 33.8 Å². The van der Waals surface area contributed by atoms with Gasteiger partial charge in [-0.05, 0) is 37.8 Å². The maximum atomic E-state index is 13.2. The zero-order chi connectivity index (χ0) is 18.8. The molecular weight excluding hydrogens is 364 g/mol. The van der Waals surface area contributed by atoms with Gasteiger partial charge in [0.2, 0.25) is 0 Å². The maximum absolute atomic E-state index is 13.2. The Morgan fingerprint density at radius 2 is 2.22 bits per heavy atom. The average Bonchev–Trinajstić information content (AvgIpc) is 2.82. The summed E-state index contributed by atoms with van der Waals surface area (Å²) < 4.78 is 7.16. The van der Waals surface area contributed by atoms with Gasteiger partial charge in [0.05, 0.1) is 17.4 Å². The number of carbonyl (C=O) groups is 1. The van der Waals surface area contributed by atoms with Crippen molar-refractivity contribution in [2.45, 2.75) is 55.2 Å². The minimum Gasteiger partial charge on any atom is -0.356 e. The molecule has 2 aliphatic heterocycles. The summed E-state index contributed by atoms with van der Waals surface area (Å²) in [5.74, 6) is -0.134. The van der Waals surface area contributed by atoms with Gasteiger partial charge in [0.25, 0.3) is 11.5 Å². The molecule has 4 heterocycles. The molecule has 2 aliphatic rings. The van der Waals surface area contributed by atoms with Gasteiger partial charge in [-0.15, -0.1) is 0 Å². The number of rotatable bonds is 4. The monoisotopic (exact) mass is 386 g/mol. The van der Waals surface area contributed by atoms with E-state index in [1.54, 1.807) is 29.4 Å². The highest BCUT2D eigenvalue weighted by molar-refractivity contribution is 7.99. The minimum atomic E-state index is -0.344. The molecule has 4 rings (SSSR count). The van der Waals surface area contributed by atoms with Crippen molar-refractivity contribution in [1.29, 1.82) is 0 Å². The van der Waals surface area contributed by atoms with Gasteiger partial charge in [0, 0.05) is 19.3 Å². The van der Waals surface area contributed by atoms with E-state index in [4.69, 9.17) is 4.74 Å². The van der Waals surface area contributed by atoms with Crippen molar-refractivity contribution in [2.24, 2.45) is 0 Å². The first-order valence-electron chi connectivity index (χ1n) is 9.39. The molecule has 7 nitrogen and oxygen atoms in total. The van der Waals surface area contributed by atoms with Crippen LogP contribution in [-0.2, 0) is 4.74 Å². The average molecular weight is 386 g/mol.